The molecular formula is C12H25FN2. The molecule has 2 N–H and O–H groups in total. The lowest BCUT2D eigenvalue weighted by Crippen LogP contribution is -2.53. The molecule has 0 aromatic heterocycles. The molecule has 0 amide bonds. The van der Waals surface area contributed by atoms with Crippen LogP contribution in [-0.4, -0.2) is 35.7 Å². The summed E-state index contributed by atoms with van der Waals surface area (Å²) < 4.78 is 14.4. The monoisotopic (exact) mass is 216 g/mol. The Labute approximate surface area is 93.0 Å². The predicted octanol–water partition coefficient (Wildman–Crippen LogP) is 2.33. The predicted molar refractivity (Wildman–Crippen MR) is 62.7 cm³/mol. The third-order valence-corrected chi connectivity index (χ3v) is 3.30. The van der Waals surface area contributed by atoms with Gasteiger partial charge < -0.3 is 5.73 Å². The maximum absolute atomic E-state index is 14.4. The molecule has 0 aliphatic carbocycles. The molecule has 1 rings (SSSR count). The quantitative estimate of drug-likeness (QED) is 0.784. The van der Waals surface area contributed by atoms with Gasteiger partial charge in [-0.3, -0.25) is 4.90 Å². The number of likely N-dealkylation sites (tertiary alicyclic amines) is 1. The topological polar surface area (TPSA) is 29.3 Å². The van der Waals surface area contributed by atoms with Crippen LogP contribution < -0.4 is 5.73 Å². The Hall–Kier alpha value is -0.150. The van der Waals surface area contributed by atoms with E-state index in [9.17, 15) is 4.39 Å². The minimum absolute atomic E-state index is 0.0838. The van der Waals surface area contributed by atoms with Crippen LogP contribution in [0.2, 0.25) is 0 Å². The summed E-state index contributed by atoms with van der Waals surface area (Å²) >= 11 is 0. The average molecular weight is 216 g/mol. The van der Waals surface area contributed by atoms with Crippen molar-refractivity contribution in [3.8, 4) is 0 Å². The molecule has 3 heteroatoms. The van der Waals surface area contributed by atoms with Crippen LogP contribution in [0, 0.1) is 0 Å². The molecule has 15 heavy (non-hydrogen) atoms. The molecule has 90 valence electrons. The van der Waals surface area contributed by atoms with E-state index in [4.69, 9.17) is 5.73 Å². The molecule has 0 aromatic rings. The zero-order chi connectivity index (χ0) is 11.5. The van der Waals surface area contributed by atoms with E-state index in [0.29, 0.717) is 25.9 Å². The highest BCUT2D eigenvalue weighted by Gasteiger charge is 2.38. The Kier molecular flexibility index (Phi) is 4.13. The normalized spacial score (nSPS) is 29.4. The van der Waals surface area contributed by atoms with E-state index in [1.807, 2.05) is 0 Å². The molecule has 0 radical (unpaired) electrons. The first-order valence-electron chi connectivity index (χ1n) is 6.01. The molecule has 1 saturated heterocycles. The van der Waals surface area contributed by atoms with E-state index in [1.165, 1.54) is 0 Å². The van der Waals surface area contributed by atoms with Crippen LogP contribution in [0.1, 0.15) is 46.5 Å². The Morgan fingerprint density at radius 2 is 2.07 bits per heavy atom. The minimum Gasteiger partial charge on any atom is -0.330 e. The van der Waals surface area contributed by atoms with Gasteiger partial charge in [0.1, 0.15) is 5.67 Å². The second-order valence-electron chi connectivity index (χ2n) is 5.74. The number of piperidine rings is 1. The summed E-state index contributed by atoms with van der Waals surface area (Å²) in [6, 6.07) is 0. The van der Waals surface area contributed by atoms with Gasteiger partial charge in [0.15, 0.2) is 0 Å². The largest absolute Gasteiger partial charge is 0.330 e. The molecule has 0 bridgehead atoms. The molecule has 1 atom stereocenters. The molecule has 1 aliphatic rings. The van der Waals surface area contributed by atoms with E-state index >= 15 is 0 Å². The van der Waals surface area contributed by atoms with Crippen molar-refractivity contribution in [2.45, 2.75) is 57.7 Å². The lowest BCUT2D eigenvalue weighted by atomic mass is 9.87. The third-order valence-electron chi connectivity index (χ3n) is 3.30. The van der Waals surface area contributed by atoms with Crippen LogP contribution in [0.15, 0.2) is 0 Å². The summed E-state index contributed by atoms with van der Waals surface area (Å²) in [7, 11) is 0. The van der Waals surface area contributed by atoms with Crippen molar-refractivity contribution in [2.75, 3.05) is 19.6 Å². The fraction of sp³-hybridized carbons (Fsp3) is 1.00. The standard InChI is InChI=1S/C12H25FN2/c1-11(2,3)15-9-5-7-12(13,10-15)6-4-8-14/h4-10,14H2,1-3H3/t12-/m0/s1. The van der Waals surface area contributed by atoms with Crippen molar-refractivity contribution in [3.63, 3.8) is 0 Å². The summed E-state index contributed by atoms with van der Waals surface area (Å²) in [6.45, 7) is 8.67. The fourth-order valence-electron chi connectivity index (χ4n) is 2.28. The Balaban J connectivity index is 2.54. The fourth-order valence-corrected chi connectivity index (χ4v) is 2.28. The highest BCUT2D eigenvalue weighted by atomic mass is 19.1. The van der Waals surface area contributed by atoms with Crippen LogP contribution in [0.4, 0.5) is 4.39 Å². The summed E-state index contributed by atoms with van der Waals surface area (Å²) in [5.41, 5.74) is 4.53. The first-order valence-corrected chi connectivity index (χ1v) is 6.01. The van der Waals surface area contributed by atoms with Crippen molar-refractivity contribution in [1.29, 1.82) is 0 Å². The molecule has 0 unspecified atom stereocenters. The van der Waals surface area contributed by atoms with Gasteiger partial charge in [0.05, 0.1) is 0 Å². The number of rotatable bonds is 3. The molecule has 1 fully saturated rings. The second-order valence-corrected chi connectivity index (χ2v) is 5.74. The Morgan fingerprint density at radius 3 is 2.60 bits per heavy atom. The van der Waals surface area contributed by atoms with Gasteiger partial charge >= 0.3 is 0 Å². The van der Waals surface area contributed by atoms with Gasteiger partial charge in [0.25, 0.3) is 0 Å². The van der Waals surface area contributed by atoms with Gasteiger partial charge in [-0.1, -0.05) is 0 Å². The smallest absolute Gasteiger partial charge is 0.123 e. The molecule has 0 spiro atoms. The van der Waals surface area contributed by atoms with Crippen molar-refractivity contribution < 1.29 is 4.39 Å². The van der Waals surface area contributed by atoms with Crippen molar-refractivity contribution in [3.05, 3.63) is 0 Å². The van der Waals surface area contributed by atoms with Gasteiger partial charge in [-0.25, -0.2) is 4.39 Å². The van der Waals surface area contributed by atoms with E-state index in [1.54, 1.807) is 0 Å². The van der Waals surface area contributed by atoms with Crippen molar-refractivity contribution in [2.24, 2.45) is 5.73 Å². The number of halogens is 1. The molecule has 2 nitrogen and oxygen atoms in total. The Bertz CT molecular complexity index is 200. The van der Waals surface area contributed by atoms with Crippen molar-refractivity contribution in [1.82, 2.24) is 4.90 Å². The summed E-state index contributed by atoms with van der Waals surface area (Å²) in [5.74, 6) is 0. The van der Waals surface area contributed by atoms with Crippen LogP contribution in [-0.2, 0) is 0 Å². The van der Waals surface area contributed by atoms with E-state index in [0.717, 1.165) is 19.4 Å². The first kappa shape index (κ1) is 12.9. The highest BCUT2D eigenvalue weighted by Crippen LogP contribution is 2.32. The van der Waals surface area contributed by atoms with E-state index < -0.39 is 5.67 Å². The molecular weight excluding hydrogens is 191 g/mol. The number of nitrogens with two attached hydrogens (primary N) is 1. The molecule has 1 heterocycles. The Morgan fingerprint density at radius 1 is 1.40 bits per heavy atom. The van der Waals surface area contributed by atoms with E-state index in [-0.39, 0.29) is 5.54 Å². The number of hydrogen-bond acceptors (Lipinski definition) is 2. The second kappa shape index (κ2) is 4.79. The number of nitrogens with zero attached hydrogens (tertiary/aromatic N) is 1. The maximum Gasteiger partial charge on any atom is 0.123 e. The SMILES string of the molecule is CC(C)(C)N1CCC[C@@](F)(CCCN)C1. The summed E-state index contributed by atoms with van der Waals surface area (Å²) in [5, 5.41) is 0. The summed E-state index contributed by atoms with van der Waals surface area (Å²) in [6.07, 6.45) is 3.10. The van der Waals surface area contributed by atoms with Crippen LogP contribution in [0.25, 0.3) is 0 Å². The van der Waals surface area contributed by atoms with E-state index in [2.05, 4.69) is 25.7 Å². The molecule has 1 aliphatic heterocycles. The van der Waals surface area contributed by atoms with Crippen molar-refractivity contribution >= 4 is 0 Å². The van der Waals surface area contributed by atoms with Crippen LogP contribution in [0.3, 0.4) is 0 Å². The summed E-state index contributed by atoms with van der Waals surface area (Å²) in [4.78, 5) is 2.26. The third kappa shape index (κ3) is 3.72. The average Bonchev–Trinajstić information content (AvgIpc) is 2.14. The van der Waals surface area contributed by atoms with Gasteiger partial charge in [0, 0.05) is 12.1 Å². The van der Waals surface area contributed by atoms with Gasteiger partial charge in [-0.2, -0.15) is 0 Å². The molecule has 0 aromatic carbocycles. The van der Waals surface area contributed by atoms with Crippen LogP contribution >= 0.6 is 0 Å². The maximum atomic E-state index is 14.4. The van der Waals surface area contributed by atoms with Gasteiger partial charge in [-0.15, -0.1) is 0 Å². The lowest BCUT2D eigenvalue weighted by Gasteiger charge is -2.44. The number of alkyl halides is 1. The minimum atomic E-state index is -0.995. The molecule has 0 saturated carbocycles. The van der Waals surface area contributed by atoms with Gasteiger partial charge in [-0.05, 0) is 59.5 Å². The highest BCUT2D eigenvalue weighted by molar-refractivity contribution is 4.91. The van der Waals surface area contributed by atoms with Gasteiger partial charge in [0.2, 0.25) is 0 Å². The van der Waals surface area contributed by atoms with Crippen LogP contribution in [0.5, 0.6) is 0 Å². The zero-order valence-corrected chi connectivity index (χ0v) is 10.4. The first-order chi connectivity index (χ1) is 6.87. The lowest BCUT2D eigenvalue weighted by molar-refractivity contribution is -0.00574. The number of hydrogen-bond donors (Lipinski definition) is 1. The zero-order valence-electron chi connectivity index (χ0n) is 10.4.